The van der Waals surface area contributed by atoms with Gasteiger partial charge in [-0.15, -0.1) is 0 Å². The molecule has 0 atom stereocenters. The van der Waals surface area contributed by atoms with Gasteiger partial charge in [0, 0.05) is 54.3 Å². The van der Waals surface area contributed by atoms with E-state index in [2.05, 4.69) is 203 Å². The van der Waals surface area contributed by atoms with Gasteiger partial charge >= 0.3 is 0 Å². The first kappa shape index (κ1) is 31.4. The number of hydrogen-bond donors (Lipinski definition) is 0. The quantitative estimate of drug-likeness (QED) is 0.180. The van der Waals surface area contributed by atoms with Crippen LogP contribution in [-0.4, -0.2) is 9.13 Å². The molecule has 0 saturated carbocycles. The Morgan fingerprint density at radius 3 is 1.29 bits per heavy atom. The van der Waals surface area contributed by atoms with Crippen LogP contribution in [0.15, 0.2) is 203 Å². The number of nitrogens with zero attached hydrogens (tertiary/aromatic N) is 2. The van der Waals surface area contributed by atoms with Gasteiger partial charge in [-0.25, -0.2) is 0 Å². The number of aromatic nitrogens is 2. The highest BCUT2D eigenvalue weighted by Crippen LogP contribution is 2.45. The van der Waals surface area contributed by atoms with Crippen LogP contribution < -0.4 is 0 Å². The van der Waals surface area contributed by atoms with Crippen molar-refractivity contribution in [2.75, 3.05) is 0 Å². The van der Waals surface area contributed by atoms with Gasteiger partial charge in [0.1, 0.15) is 16.7 Å². The number of fused-ring (bicyclic) bond motifs is 12. The topological polar surface area (TPSA) is 36.1 Å². The van der Waals surface area contributed by atoms with Crippen molar-refractivity contribution in [3.8, 4) is 33.6 Å². The molecule has 9 aromatic carbocycles. The van der Waals surface area contributed by atoms with Crippen molar-refractivity contribution in [3.05, 3.63) is 194 Å². The highest BCUT2D eigenvalue weighted by atomic mass is 16.3. The lowest BCUT2D eigenvalue weighted by Crippen LogP contribution is -1.99. The second-order valence-electron chi connectivity index (χ2n) is 15.3. The third-order valence-corrected chi connectivity index (χ3v) is 12.1. The zero-order valence-corrected chi connectivity index (χ0v) is 31.2. The average Bonchev–Trinajstić information content (AvgIpc) is 4.03. The maximum atomic E-state index is 7.14. The molecule has 58 heavy (non-hydrogen) atoms. The minimum absolute atomic E-state index is 0.818. The van der Waals surface area contributed by atoms with E-state index in [1.54, 1.807) is 0 Å². The second kappa shape index (κ2) is 11.8. The highest BCUT2D eigenvalue weighted by Gasteiger charge is 2.23. The predicted molar refractivity (Wildman–Crippen MR) is 241 cm³/mol. The van der Waals surface area contributed by atoms with Gasteiger partial charge in [-0.1, -0.05) is 133 Å². The van der Waals surface area contributed by atoms with Crippen molar-refractivity contribution in [1.82, 2.24) is 9.13 Å². The Bertz CT molecular complexity index is 3680. The van der Waals surface area contributed by atoms with E-state index in [1.165, 1.54) is 21.5 Å². The van der Waals surface area contributed by atoms with Gasteiger partial charge in [-0.3, -0.25) is 0 Å². The number of hydrogen-bond acceptors (Lipinski definition) is 2. The molecule has 0 N–H and O–H groups in total. The Morgan fingerprint density at radius 2 is 0.741 bits per heavy atom. The van der Waals surface area contributed by atoms with E-state index in [4.69, 9.17) is 8.83 Å². The van der Waals surface area contributed by atoms with Crippen LogP contribution in [0.3, 0.4) is 0 Å². The molecule has 0 unspecified atom stereocenters. The monoisotopic (exact) mass is 740 g/mol. The predicted octanol–water partition coefficient (Wildman–Crippen LogP) is 15.0. The van der Waals surface area contributed by atoms with Gasteiger partial charge < -0.3 is 18.0 Å². The number of furan rings is 2. The standard InChI is InChI=1S/C54H32N2O2/c1-3-15-33(16-4-1)35-27-41(34-17-5-2-6-18-34)53-44(28-35)42-31-52-43(32-51(42)57-53)45-29-36(55-46-23-11-7-19-37(46)38-20-8-12-24-47(38)55)30-50(54(45)58-52)56-48-25-13-9-21-39(48)40-22-10-14-26-49(40)56/h1-32H. The van der Waals surface area contributed by atoms with Crippen molar-refractivity contribution in [2.45, 2.75) is 0 Å². The molecule has 0 amide bonds. The van der Waals surface area contributed by atoms with Crippen LogP contribution in [0, 0.1) is 0 Å². The highest BCUT2D eigenvalue weighted by molar-refractivity contribution is 6.19. The van der Waals surface area contributed by atoms with Crippen LogP contribution in [0.25, 0.3) is 121 Å². The smallest absolute Gasteiger partial charge is 0.159 e. The molecular weight excluding hydrogens is 709 g/mol. The van der Waals surface area contributed by atoms with Crippen molar-refractivity contribution in [1.29, 1.82) is 0 Å². The fourth-order valence-electron chi connectivity index (χ4n) is 9.52. The summed E-state index contributed by atoms with van der Waals surface area (Å²) >= 11 is 0. The van der Waals surface area contributed by atoms with Crippen LogP contribution >= 0.6 is 0 Å². The number of benzene rings is 9. The molecule has 4 heteroatoms. The summed E-state index contributed by atoms with van der Waals surface area (Å²) in [6.45, 7) is 0. The summed E-state index contributed by atoms with van der Waals surface area (Å²) in [4.78, 5) is 0. The molecule has 0 bridgehead atoms. The first-order chi connectivity index (χ1) is 28.8. The summed E-state index contributed by atoms with van der Waals surface area (Å²) in [6.07, 6.45) is 0. The zero-order chi connectivity index (χ0) is 37.9. The van der Waals surface area contributed by atoms with Crippen LogP contribution in [-0.2, 0) is 0 Å². The Balaban J connectivity index is 1.16. The normalized spacial score (nSPS) is 12.1. The molecule has 13 aromatic rings. The molecular formula is C54H32N2O2. The van der Waals surface area contributed by atoms with Gasteiger partial charge in [-0.2, -0.15) is 0 Å². The molecule has 4 aromatic heterocycles. The number of para-hydroxylation sites is 4. The lowest BCUT2D eigenvalue weighted by atomic mass is 9.95. The third-order valence-electron chi connectivity index (χ3n) is 12.1. The molecule has 270 valence electrons. The maximum absolute atomic E-state index is 7.14. The Labute approximate surface area is 332 Å². The molecule has 0 fully saturated rings. The maximum Gasteiger partial charge on any atom is 0.159 e. The number of rotatable bonds is 4. The first-order valence-electron chi connectivity index (χ1n) is 19.8. The fourth-order valence-corrected chi connectivity index (χ4v) is 9.52. The largest absolute Gasteiger partial charge is 0.455 e. The fraction of sp³-hybridized carbons (Fsp3) is 0. The van der Waals surface area contributed by atoms with E-state index in [9.17, 15) is 0 Å². The van der Waals surface area contributed by atoms with Gasteiger partial charge in [0.2, 0.25) is 0 Å². The van der Waals surface area contributed by atoms with Gasteiger partial charge in [-0.05, 0) is 77.4 Å². The van der Waals surface area contributed by atoms with Gasteiger partial charge in [0.05, 0.1) is 27.8 Å². The second-order valence-corrected chi connectivity index (χ2v) is 15.3. The Morgan fingerprint density at radius 1 is 0.293 bits per heavy atom. The Hall–Kier alpha value is -7.82. The van der Waals surface area contributed by atoms with E-state index in [0.717, 1.165) is 99.6 Å². The molecule has 0 radical (unpaired) electrons. The molecule has 0 aliphatic carbocycles. The molecule has 0 saturated heterocycles. The lowest BCUT2D eigenvalue weighted by molar-refractivity contribution is 0.663. The summed E-state index contributed by atoms with van der Waals surface area (Å²) in [5.74, 6) is 0. The van der Waals surface area contributed by atoms with E-state index >= 15 is 0 Å². The van der Waals surface area contributed by atoms with Crippen LogP contribution in [0.2, 0.25) is 0 Å². The Kier molecular flexibility index (Phi) is 6.41. The van der Waals surface area contributed by atoms with Crippen molar-refractivity contribution in [2.24, 2.45) is 0 Å². The molecule has 13 rings (SSSR count). The molecule has 0 spiro atoms. The lowest BCUT2D eigenvalue weighted by Gasteiger charge is -2.14. The van der Waals surface area contributed by atoms with E-state index < -0.39 is 0 Å². The summed E-state index contributed by atoms with van der Waals surface area (Å²) < 4.78 is 18.9. The van der Waals surface area contributed by atoms with Gasteiger partial charge in [0.25, 0.3) is 0 Å². The molecule has 0 aliphatic heterocycles. The molecule has 4 nitrogen and oxygen atoms in total. The zero-order valence-electron chi connectivity index (χ0n) is 31.2. The molecule has 0 aliphatic rings. The first-order valence-corrected chi connectivity index (χ1v) is 19.8. The van der Waals surface area contributed by atoms with Gasteiger partial charge in [0.15, 0.2) is 5.58 Å². The summed E-state index contributed by atoms with van der Waals surface area (Å²) in [7, 11) is 0. The van der Waals surface area contributed by atoms with E-state index in [0.29, 0.717) is 0 Å². The summed E-state index contributed by atoms with van der Waals surface area (Å²) in [5, 5.41) is 8.99. The van der Waals surface area contributed by atoms with E-state index in [1.807, 2.05) is 0 Å². The van der Waals surface area contributed by atoms with Crippen molar-refractivity contribution < 1.29 is 8.83 Å². The minimum atomic E-state index is 0.818. The third kappa shape index (κ3) is 4.40. The summed E-state index contributed by atoms with van der Waals surface area (Å²) in [6, 6.07) is 69.4. The van der Waals surface area contributed by atoms with E-state index in [-0.39, 0.29) is 0 Å². The SMILES string of the molecule is c1ccc(-c2cc(-c3ccccc3)c3oc4cc5c(cc4c3c2)oc2c(-n3c4ccccc4c4ccccc43)cc(-n3c4ccccc4c4ccccc43)cc25)cc1. The summed E-state index contributed by atoms with van der Waals surface area (Å²) in [5.41, 5.74) is 14.5. The van der Waals surface area contributed by atoms with Crippen LogP contribution in [0.4, 0.5) is 0 Å². The van der Waals surface area contributed by atoms with Crippen molar-refractivity contribution >= 4 is 87.5 Å². The van der Waals surface area contributed by atoms with Crippen LogP contribution in [0.1, 0.15) is 0 Å². The average molecular weight is 741 g/mol. The molecule has 4 heterocycles. The van der Waals surface area contributed by atoms with Crippen LogP contribution in [0.5, 0.6) is 0 Å². The van der Waals surface area contributed by atoms with Crippen molar-refractivity contribution in [3.63, 3.8) is 0 Å². The minimum Gasteiger partial charge on any atom is -0.455 e.